The maximum Gasteiger partial charge on any atom is 0.345 e. The van der Waals surface area contributed by atoms with E-state index >= 15 is 0 Å². The summed E-state index contributed by atoms with van der Waals surface area (Å²) in [6, 6.07) is 7.68. The first-order valence-corrected chi connectivity index (χ1v) is 10.3. The number of carbonyl (C=O) groups is 2. The summed E-state index contributed by atoms with van der Waals surface area (Å²) in [4.78, 5) is 32.0. The van der Waals surface area contributed by atoms with Crippen LogP contribution >= 0.6 is 0 Å². The van der Waals surface area contributed by atoms with Gasteiger partial charge < -0.3 is 14.4 Å². The van der Waals surface area contributed by atoms with Crippen LogP contribution in [0.2, 0.25) is 0 Å². The van der Waals surface area contributed by atoms with Gasteiger partial charge in [-0.25, -0.2) is 4.79 Å². The molecule has 0 amide bonds. The van der Waals surface area contributed by atoms with Crippen molar-refractivity contribution in [3.05, 3.63) is 53.3 Å². The number of ketones is 1. The average Bonchev–Trinajstić information content (AvgIpc) is 3.10. The number of likely N-dealkylation sites (N-methyl/N-ethyl adjacent to an activating group) is 1. The fourth-order valence-electron chi connectivity index (χ4n) is 6.23. The van der Waals surface area contributed by atoms with Crippen LogP contribution in [0.4, 0.5) is 0 Å². The van der Waals surface area contributed by atoms with Crippen LogP contribution in [0.25, 0.3) is 0 Å². The van der Waals surface area contributed by atoms with E-state index in [-0.39, 0.29) is 11.2 Å². The Morgan fingerprint density at radius 3 is 3.07 bits per heavy atom. The molecule has 4 atom stereocenters. The van der Waals surface area contributed by atoms with E-state index in [0.717, 1.165) is 31.4 Å². The second-order valence-corrected chi connectivity index (χ2v) is 8.71. The van der Waals surface area contributed by atoms with Crippen LogP contribution in [0.15, 0.2) is 36.7 Å². The molecule has 2 aliphatic carbocycles. The zero-order valence-corrected chi connectivity index (χ0v) is 16.3. The van der Waals surface area contributed by atoms with Gasteiger partial charge >= 0.3 is 5.97 Å². The topological polar surface area (TPSA) is 68.7 Å². The molecule has 29 heavy (non-hydrogen) atoms. The number of hydrogen-bond donors (Lipinski definition) is 0. The quantitative estimate of drug-likeness (QED) is 0.580. The molecule has 1 saturated carbocycles. The number of piperidine rings is 1. The van der Waals surface area contributed by atoms with Gasteiger partial charge in [0, 0.05) is 35.8 Å². The second-order valence-electron chi connectivity index (χ2n) is 8.71. The minimum absolute atomic E-state index is 0.179. The van der Waals surface area contributed by atoms with Gasteiger partial charge in [-0.3, -0.25) is 9.78 Å². The van der Waals surface area contributed by atoms with Gasteiger partial charge in [0.05, 0.1) is 5.56 Å². The highest BCUT2D eigenvalue weighted by Crippen LogP contribution is 2.63. The first-order valence-electron chi connectivity index (χ1n) is 10.3. The summed E-state index contributed by atoms with van der Waals surface area (Å²) in [5.74, 6) is 1.13. The number of carbonyl (C=O) groups excluding carboxylic acids is 2. The third kappa shape index (κ3) is 2.18. The Morgan fingerprint density at radius 2 is 2.24 bits per heavy atom. The molecular weight excluding hydrogens is 368 g/mol. The van der Waals surface area contributed by atoms with E-state index in [9.17, 15) is 9.59 Å². The van der Waals surface area contributed by atoms with E-state index in [4.69, 9.17) is 9.47 Å². The lowest BCUT2D eigenvalue weighted by atomic mass is 9.52. The number of pyridine rings is 1. The Morgan fingerprint density at radius 1 is 1.34 bits per heavy atom. The number of benzene rings is 1. The molecule has 2 bridgehead atoms. The second kappa shape index (κ2) is 5.89. The molecular formula is C23H22N2O4. The first kappa shape index (κ1) is 17.2. The van der Waals surface area contributed by atoms with E-state index in [1.165, 1.54) is 11.8 Å². The molecule has 2 fully saturated rings. The fraction of sp³-hybridized carbons (Fsp3) is 0.435. The van der Waals surface area contributed by atoms with Gasteiger partial charge in [-0.2, -0.15) is 0 Å². The molecule has 6 rings (SSSR count). The molecule has 3 heterocycles. The lowest BCUT2D eigenvalue weighted by Crippen LogP contribution is -2.65. The summed E-state index contributed by atoms with van der Waals surface area (Å²) in [6.45, 7) is 0.951. The fourth-order valence-corrected chi connectivity index (χ4v) is 6.23. The van der Waals surface area contributed by atoms with Gasteiger partial charge in [-0.15, -0.1) is 0 Å². The maximum atomic E-state index is 12.9. The molecule has 2 aliphatic heterocycles. The van der Waals surface area contributed by atoms with Gasteiger partial charge in [0.15, 0.2) is 23.4 Å². The van der Waals surface area contributed by atoms with E-state index in [0.29, 0.717) is 35.4 Å². The zero-order chi connectivity index (χ0) is 19.8. The van der Waals surface area contributed by atoms with Gasteiger partial charge in [0.1, 0.15) is 0 Å². The summed E-state index contributed by atoms with van der Waals surface area (Å²) in [5.41, 5.74) is 2.47. The molecule has 148 valence electrons. The number of aromatic nitrogens is 1. The molecule has 1 spiro atoms. The normalized spacial score (nSPS) is 31.8. The molecule has 1 aromatic carbocycles. The summed E-state index contributed by atoms with van der Waals surface area (Å²) in [7, 11) is 2.19. The Labute approximate surface area is 168 Å². The highest BCUT2D eigenvalue weighted by atomic mass is 16.6. The van der Waals surface area contributed by atoms with Gasteiger partial charge in [0.2, 0.25) is 0 Å². The summed E-state index contributed by atoms with van der Waals surface area (Å²) >= 11 is 0. The highest BCUT2D eigenvalue weighted by Gasteiger charge is 2.65. The van der Waals surface area contributed by atoms with Crippen LogP contribution in [0.1, 0.15) is 40.7 Å². The standard InChI is InChI=1S/C23H22N2O4/c1-25-10-8-23-15-5-6-17(26)21(23)29-20-18(7-4-13(19(20)23)11-16(15)25)28-22(27)14-3-2-9-24-12-14/h2-4,7,9,12,15-16,21H,5-6,8,10-11H2,1H3/t15?,16?,21-,23?/m0/s1. The van der Waals surface area contributed by atoms with Crippen LogP contribution in [-0.4, -0.2) is 47.4 Å². The number of rotatable bonds is 2. The van der Waals surface area contributed by atoms with Crippen molar-refractivity contribution < 1.29 is 19.1 Å². The number of ether oxygens (including phenoxy) is 2. The monoisotopic (exact) mass is 390 g/mol. The summed E-state index contributed by atoms with van der Waals surface area (Å²) in [6.07, 6.45) is 5.98. The minimum atomic E-state index is -0.467. The van der Waals surface area contributed by atoms with Crippen molar-refractivity contribution in [2.75, 3.05) is 13.6 Å². The van der Waals surface area contributed by atoms with E-state index in [1.807, 2.05) is 6.07 Å². The van der Waals surface area contributed by atoms with Crippen molar-refractivity contribution in [1.82, 2.24) is 9.88 Å². The smallest absolute Gasteiger partial charge is 0.345 e. The average molecular weight is 390 g/mol. The Bertz CT molecular complexity index is 1040. The molecule has 0 N–H and O–H groups in total. The predicted molar refractivity (Wildman–Crippen MR) is 104 cm³/mol. The van der Waals surface area contributed by atoms with Crippen molar-refractivity contribution in [1.29, 1.82) is 0 Å². The van der Waals surface area contributed by atoms with E-state index in [2.05, 4.69) is 23.0 Å². The van der Waals surface area contributed by atoms with Gasteiger partial charge in [-0.05, 0) is 62.5 Å². The van der Waals surface area contributed by atoms with E-state index in [1.54, 1.807) is 18.3 Å². The Balaban J connectivity index is 1.48. The Hall–Kier alpha value is -2.73. The van der Waals surface area contributed by atoms with Crippen LogP contribution in [-0.2, 0) is 16.6 Å². The molecule has 6 nitrogen and oxygen atoms in total. The maximum absolute atomic E-state index is 12.9. The number of hydrogen-bond acceptors (Lipinski definition) is 6. The van der Waals surface area contributed by atoms with Crippen LogP contribution < -0.4 is 9.47 Å². The van der Waals surface area contributed by atoms with Crippen LogP contribution in [0.5, 0.6) is 11.5 Å². The molecule has 6 heteroatoms. The first-order chi connectivity index (χ1) is 14.1. The van der Waals surface area contributed by atoms with Crippen molar-refractivity contribution in [2.24, 2.45) is 5.92 Å². The lowest BCUT2D eigenvalue weighted by molar-refractivity contribution is -0.138. The summed E-state index contributed by atoms with van der Waals surface area (Å²) < 4.78 is 12.1. The number of nitrogens with zero attached hydrogens (tertiary/aromatic N) is 2. The minimum Gasteiger partial charge on any atom is -0.477 e. The van der Waals surface area contributed by atoms with Crippen molar-refractivity contribution in [2.45, 2.75) is 43.2 Å². The van der Waals surface area contributed by atoms with Crippen LogP contribution in [0.3, 0.4) is 0 Å². The molecule has 2 aromatic rings. The third-order valence-electron chi connectivity index (χ3n) is 7.47. The lowest BCUT2D eigenvalue weighted by Gasteiger charge is -2.57. The van der Waals surface area contributed by atoms with Crippen molar-refractivity contribution >= 4 is 11.8 Å². The van der Waals surface area contributed by atoms with Gasteiger partial charge in [0.25, 0.3) is 0 Å². The molecule has 3 unspecified atom stereocenters. The van der Waals surface area contributed by atoms with Crippen LogP contribution in [0, 0.1) is 5.92 Å². The van der Waals surface area contributed by atoms with Crippen molar-refractivity contribution in [3.63, 3.8) is 0 Å². The predicted octanol–water partition coefficient (Wildman–Crippen LogP) is 2.54. The van der Waals surface area contributed by atoms with Gasteiger partial charge in [-0.1, -0.05) is 6.07 Å². The molecule has 1 saturated heterocycles. The number of Topliss-reactive ketones (excluding diaryl/α,β-unsaturated/α-hetero) is 1. The SMILES string of the molecule is CN1CCC23c4c5ccc(OC(=O)c6cccnc6)c4O[C@H]2C(=O)CCC3C1C5. The highest BCUT2D eigenvalue weighted by molar-refractivity contribution is 5.92. The zero-order valence-electron chi connectivity index (χ0n) is 16.3. The largest absolute Gasteiger partial charge is 0.477 e. The molecule has 0 radical (unpaired) electrons. The third-order valence-corrected chi connectivity index (χ3v) is 7.47. The number of likely N-dealkylation sites (tertiary alicyclic amines) is 1. The Kier molecular flexibility index (Phi) is 3.48. The van der Waals surface area contributed by atoms with Crippen molar-refractivity contribution in [3.8, 4) is 11.5 Å². The number of esters is 1. The van der Waals surface area contributed by atoms with E-state index < -0.39 is 12.1 Å². The summed E-state index contributed by atoms with van der Waals surface area (Å²) in [5, 5.41) is 0. The molecule has 1 aromatic heterocycles. The molecule has 4 aliphatic rings.